The van der Waals surface area contributed by atoms with Gasteiger partial charge in [-0.05, 0) is 59.7 Å². The molecule has 1 fully saturated rings. The Morgan fingerprint density at radius 3 is 2.61 bits per heavy atom. The van der Waals surface area contributed by atoms with Crippen LogP contribution in [0.4, 0.5) is 19.0 Å². The maximum absolute atomic E-state index is 14.2. The summed E-state index contributed by atoms with van der Waals surface area (Å²) < 4.78 is 43.3. The van der Waals surface area contributed by atoms with Crippen molar-refractivity contribution in [3.8, 4) is 6.07 Å². The van der Waals surface area contributed by atoms with Crippen molar-refractivity contribution in [3.63, 3.8) is 0 Å². The second-order valence-electron chi connectivity index (χ2n) is 8.71. The lowest BCUT2D eigenvalue weighted by Gasteiger charge is -2.38. The van der Waals surface area contributed by atoms with Gasteiger partial charge in [0.05, 0.1) is 15.0 Å². The van der Waals surface area contributed by atoms with Crippen LogP contribution in [0.3, 0.4) is 0 Å². The third kappa shape index (κ3) is 4.37. The highest BCUT2D eigenvalue weighted by Crippen LogP contribution is 2.49. The molecule has 0 bridgehead atoms. The number of aromatic nitrogens is 1. The molecule has 1 saturated heterocycles. The molecule has 1 aromatic heterocycles. The molecule has 1 aromatic rings. The highest BCUT2D eigenvalue weighted by atomic mass is 127. The van der Waals surface area contributed by atoms with E-state index >= 15 is 0 Å². The average molecular weight is 572 g/mol. The van der Waals surface area contributed by atoms with Gasteiger partial charge in [0.25, 0.3) is 0 Å². The van der Waals surface area contributed by atoms with Crippen molar-refractivity contribution >= 4 is 39.6 Å². The number of rotatable bonds is 2. The molecule has 0 saturated carbocycles. The maximum atomic E-state index is 14.2. The fourth-order valence-corrected chi connectivity index (χ4v) is 8.34. The average Bonchev–Trinajstić information content (AvgIpc) is 3.08. The van der Waals surface area contributed by atoms with Gasteiger partial charge in [-0.25, -0.2) is 4.98 Å². The van der Waals surface area contributed by atoms with Gasteiger partial charge in [0.1, 0.15) is 17.7 Å². The van der Waals surface area contributed by atoms with Crippen LogP contribution in [0.1, 0.15) is 49.8 Å². The molecule has 2 aliphatic heterocycles. The van der Waals surface area contributed by atoms with E-state index in [0.29, 0.717) is 52.7 Å². The first-order chi connectivity index (χ1) is 15.5. The molecule has 0 aromatic carbocycles. The summed E-state index contributed by atoms with van der Waals surface area (Å²) in [7, 11) is 0. The number of nitrogens with zero attached hydrogens (tertiary/aromatic N) is 3. The number of hydrogen-bond donors (Lipinski definition) is 2. The number of carbonyl (C=O) groups is 1. The van der Waals surface area contributed by atoms with Crippen molar-refractivity contribution in [2.45, 2.75) is 57.2 Å². The predicted octanol–water partition coefficient (Wildman–Crippen LogP) is 4.35. The summed E-state index contributed by atoms with van der Waals surface area (Å²) in [6.07, 6.45) is -4.15. The molecule has 1 unspecified atom stereocenters. The Balaban J connectivity index is 1.61. The second-order valence-corrected chi connectivity index (χ2v) is 11.5. The molecule has 3 heterocycles. The molecule has 1 aliphatic carbocycles. The van der Waals surface area contributed by atoms with Gasteiger partial charge in [0.2, 0.25) is 0 Å². The molecule has 176 valence electrons. The van der Waals surface area contributed by atoms with Crippen molar-refractivity contribution in [1.29, 1.82) is 10.7 Å². The Morgan fingerprint density at radius 1 is 1.30 bits per heavy atom. The van der Waals surface area contributed by atoms with Crippen LogP contribution in [-0.4, -0.2) is 48.0 Å². The van der Waals surface area contributed by atoms with Gasteiger partial charge in [0, 0.05) is 31.5 Å². The van der Waals surface area contributed by atoms with Gasteiger partial charge >= 0.3 is 6.18 Å². The summed E-state index contributed by atoms with van der Waals surface area (Å²) in [6, 6.07) is 5.58. The van der Waals surface area contributed by atoms with Crippen LogP contribution in [0.25, 0.3) is 0 Å². The summed E-state index contributed by atoms with van der Waals surface area (Å²) >= 11 is -1.11. The zero-order valence-electron chi connectivity index (χ0n) is 18.1. The number of allylic oxidation sites excluding steroid dienone is 1. The first-order valence-corrected chi connectivity index (χ1v) is 13.0. The third-order valence-corrected chi connectivity index (χ3v) is 9.78. The number of nitrogens with one attached hydrogen (secondary N) is 1. The standard InChI is InChI=1S/C23H24F3IN4O2/c1-13-15(12-28)5-6-18(30-13)31-9-7-14(8-10-31)20-19-17(21(29)27-20)4-2-3-16(32)11-22(19,33)23(24,25)26/h5-6,14,29,33H,2-4,7-11H2,1H3. The van der Waals surface area contributed by atoms with E-state index in [1.165, 1.54) is 0 Å². The number of pyridine rings is 1. The topological polar surface area (TPSA) is 101 Å². The number of aryl methyl sites for hydroxylation is 1. The number of anilines is 1. The summed E-state index contributed by atoms with van der Waals surface area (Å²) in [5.41, 5.74) is -1.92. The summed E-state index contributed by atoms with van der Waals surface area (Å²) in [5.74, 6) is -0.0220. The van der Waals surface area contributed by atoms with Crippen LogP contribution < -0.4 is 4.90 Å². The Bertz CT molecular complexity index is 1110. The summed E-state index contributed by atoms with van der Waals surface area (Å²) in [5, 5.41) is 28.4. The molecular formula is C23H24F3IN4O2. The molecule has 0 radical (unpaired) electrons. The van der Waals surface area contributed by atoms with Crippen LogP contribution in [0.15, 0.2) is 23.3 Å². The number of halogens is 4. The summed E-state index contributed by atoms with van der Waals surface area (Å²) in [4.78, 5) is 18.7. The van der Waals surface area contributed by atoms with Crippen LogP contribution in [-0.2, 0) is 4.79 Å². The molecule has 0 spiro atoms. The van der Waals surface area contributed by atoms with Crippen molar-refractivity contribution in [2.75, 3.05) is 18.0 Å². The Morgan fingerprint density at radius 2 is 2.00 bits per heavy atom. The lowest BCUT2D eigenvalue weighted by atomic mass is 9.75. The molecule has 2 N–H and O–H groups in total. The van der Waals surface area contributed by atoms with Crippen molar-refractivity contribution in [2.24, 2.45) is 5.92 Å². The number of piperidine rings is 1. The number of aliphatic hydroxyl groups is 1. The van der Waals surface area contributed by atoms with Crippen LogP contribution >= 0.6 is 20.7 Å². The molecule has 3 aliphatic rings. The molecule has 4 rings (SSSR count). The van der Waals surface area contributed by atoms with Crippen molar-refractivity contribution in [3.05, 3.63) is 34.5 Å². The number of Topliss-reactive ketones (excluding diaryl/α,β-unsaturated/α-hetero) is 1. The zero-order valence-corrected chi connectivity index (χ0v) is 20.3. The minimum Gasteiger partial charge on any atom is -0.376 e. The van der Waals surface area contributed by atoms with E-state index in [9.17, 15) is 23.1 Å². The van der Waals surface area contributed by atoms with E-state index in [2.05, 4.69) is 16.0 Å². The number of alkyl halides is 3. The number of hydrogen-bond acceptors (Lipinski definition) is 6. The highest BCUT2D eigenvalue weighted by molar-refractivity contribution is 14.2. The predicted molar refractivity (Wildman–Crippen MR) is 127 cm³/mol. The first-order valence-electron chi connectivity index (χ1n) is 10.8. The van der Waals surface area contributed by atoms with E-state index in [4.69, 9.17) is 10.7 Å². The van der Waals surface area contributed by atoms with Gasteiger partial charge in [0.15, 0.2) is 5.60 Å². The van der Waals surface area contributed by atoms with E-state index < -0.39 is 44.7 Å². The van der Waals surface area contributed by atoms with Gasteiger partial charge in [-0.3, -0.25) is 10.2 Å². The third-order valence-electron chi connectivity index (χ3n) is 6.59. The van der Waals surface area contributed by atoms with Gasteiger partial charge in [-0.2, -0.15) is 18.4 Å². The lowest BCUT2D eigenvalue weighted by Crippen LogP contribution is -2.52. The van der Waals surface area contributed by atoms with E-state index in [1.807, 2.05) is 0 Å². The van der Waals surface area contributed by atoms with Gasteiger partial charge < -0.3 is 10.0 Å². The van der Waals surface area contributed by atoms with E-state index in [0.717, 1.165) is 5.82 Å². The fraction of sp³-hybridized carbons (Fsp3) is 0.522. The number of nitriles is 1. The monoisotopic (exact) mass is 572 g/mol. The largest absolute Gasteiger partial charge is 0.421 e. The molecule has 1 atom stereocenters. The number of ketones is 1. The highest BCUT2D eigenvalue weighted by Gasteiger charge is 2.60. The molecule has 33 heavy (non-hydrogen) atoms. The molecule has 10 heteroatoms. The quantitative estimate of drug-likeness (QED) is 0.514. The first kappa shape index (κ1) is 24.0. The normalized spacial score (nSPS) is 25.1. The van der Waals surface area contributed by atoms with E-state index in [1.54, 1.807) is 19.1 Å². The van der Waals surface area contributed by atoms with Crippen LogP contribution in [0, 0.1) is 29.6 Å². The van der Waals surface area contributed by atoms with Crippen molar-refractivity contribution in [1.82, 2.24) is 4.98 Å². The second kappa shape index (κ2) is 8.91. The summed E-state index contributed by atoms with van der Waals surface area (Å²) in [6.45, 7) is 2.92. The maximum Gasteiger partial charge on any atom is 0.421 e. The van der Waals surface area contributed by atoms with E-state index in [-0.39, 0.29) is 28.1 Å². The Labute approximate surface area is 199 Å². The molecular weight excluding hydrogens is 548 g/mol. The number of carbonyl (C=O) groups excluding carboxylic acids is 1. The minimum absolute atomic E-state index is 0.00843. The Kier molecular flexibility index (Phi) is 6.48. The SMILES string of the molecule is Cc1nc(N2CCC(C3=IC(=N)C4=C3C(O)(C(F)(F)F)CC(=O)CCC4)CC2)ccc1C#N. The molecule has 6 nitrogen and oxygen atoms in total. The minimum atomic E-state index is -4.98. The van der Waals surface area contributed by atoms with Crippen molar-refractivity contribution < 1.29 is 23.1 Å². The van der Waals surface area contributed by atoms with Crippen LogP contribution in [0.5, 0.6) is 0 Å². The Hall–Kier alpha value is -2.13. The smallest absolute Gasteiger partial charge is 0.376 e. The lowest BCUT2D eigenvalue weighted by molar-refractivity contribution is -0.243. The zero-order chi connectivity index (χ0) is 24.0. The van der Waals surface area contributed by atoms with Gasteiger partial charge in [-0.15, -0.1) is 0 Å². The van der Waals surface area contributed by atoms with Crippen LogP contribution in [0.2, 0.25) is 0 Å². The fourth-order valence-electron chi connectivity index (χ4n) is 4.79. The molecule has 0 amide bonds. The van der Waals surface area contributed by atoms with Gasteiger partial charge in [-0.1, -0.05) is 20.7 Å².